The molecule has 1 aromatic rings. The standard InChI is InChI=1S/C20H35N3O3/c1-3-5-14-25-16-17-26-15-13-23-20(21-4-2)22-12-11-19(24)18-9-7-6-8-10-18/h6-10,19,24H,3-5,11-17H2,1-2H3,(H2,21,22,23). The lowest BCUT2D eigenvalue weighted by Gasteiger charge is -2.13. The van der Waals surface area contributed by atoms with Crippen molar-refractivity contribution >= 4 is 5.96 Å². The Hall–Kier alpha value is -1.63. The Morgan fingerprint density at radius 2 is 1.77 bits per heavy atom. The molecule has 0 bridgehead atoms. The van der Waals surface area contributed by atoms with Gasteiger partial charge in [-0.3, -0.25) is 4.99 Å². The molecule has 0 fully saturated rings. The van der Waals surface area contributed by atoms with Crippen molar-refractivity contribution in [2.45, 2.75) is 39.2 Å². The van der Waals surface area contributed by atoms with E-state index >= 15 is 0 Å². The molecule has 0 radical (unpaired) electrons. The van der Waals surface area contributed by atoms with E-state index in [2.05, 4.69) is 22.5 Å². The van der Waals surface area contributed by atoms with Crippen LogP contribution in [0.4, 0.5) is 0 Å². The van der Waals surface area contributed by atoms with Crippen LogP contribution >= 0.6 is 0 Å². The summed E-state index contributed by atoms with van der Waals surface area (Å²) in [5, 5.41) is 16.6. The van der Waals surface area contributed by atoms with Crippen LogP contribution in [0.3, 0.4) is 0 Å². The van der Waals surface area contributed by atoms with Crippen molar-refractivity contribution in [3.63, 3.8) is 0 Å². The lowest BCUT2D eigenvalue weighted by Crippen LogP contribution is -2.39. The molecule has 0 aliphatic heterocycles. The average molecular weight is 366 g/mol. The summed E-state index contributed by atoms with van der Waals surface area (Å²) in [5.41, 5.74) is 0.926. The van der Waals surface area contributed by atoms with Crippen LogP contribution in [0, 0.1) is 0 Å². The van der Waals surface area contributed by atoms with Crippen LogP contribution in [-0.2, 0) is 9.47 Å². The maximum Gasteiger partial charge on any atom is 0.191 e. The third kappa shape index (κ3) is 11.1. The first-order valence-corrected chi connectivity index (χ1v) is 9.68. The normalized spacial score (nSPS) is 12.8. The van der Waals surface area contributed by atoms with Gasteiger partial charge in [0.2, 0.25) is 0 Å². The number of nitrogens with one attached hydrogen (secondary N) is 2. The largest absolute Gasteiger partial charge is 0.388 e. The van der Waals surface area contributed by atoms with Crippen LogP contribution in [0.2, 0.25) is 0 Å². The first-order valence-electron chi connectivity index (χ1n) is 9.68. The number of guanidine groups is 1. The van der Waals surface area contributed by atoms with E-state index in [9.17, 15) is 5.11 Å². The number of benzene rings is 1. The first kappa shape index (κ1) is 22.4. The van der Waals surface area contributed by atoms with Crippen LogP contribution in [0.1, 0.15) is 44.8 Å². The first-order chi connectivity index (χ1) is 12.8. The van der Waals surface area contributed by atoms with Crippen molar-refractivity contribution in [3.8, 4) is 0 Å². The summed E-state index contributed by atoms with van der Waals surface area (Å²) in [6.45, 7) is 8.88. The second kappa shape index (κ2) is 15.6. The molecule has 1 aromatic carbocycles. The summed E-state index contributed by atoms with van der Waals surface area (Å²) in [5.74, 6) is 0.746. The molecule has 1 rings (SSSR count). The van der Waals surface area contributed by atoms with Crippen LogP contribution in [0.25, 0.3) is 0 Å². The summed E-state index contributed by atoms with van der Waals surface area (Å²) in [6, 6.07) is 9.67. The number of hydrogen-bond donors (Lipinski definition) is 3. The molecule has 0 aromatic heterocycles. The number of unbranched alkanes of at least 4 members (excludes halogenated alkanes) is 1. The number of rotatable bonds is 14. The predicted molar refractivity (Wildman–Crippen MR) is 107 cm³/mol. The molecule has 0 aliphatic rings. The SMILES string of the molecule is CCCCOCCOCCNC(=NCCC(O)c1ccccc1)NCC. The number of aliphatic imine (C=N–C) groups is 1. The van der Waals surface area contributed by atoms with Gasteiger partial charge < -0.3 is 25.2 Å². The highest BCUT2D eigenvalue weighted by Gasteiger charge is 2.06. The Bertz CT molecular complexity index is 469. The zero-order chi connectivity index (χ0) is 18.9. The zero-order valence-electron chi connectivity index (χ0n) is 16.2. The average Bonchev–Trinajstić information content (AvgIpc) is 2.67. The number of hydrogen-bond acceptors (Lipinski definition) is 4. The van der Waals surface area contributed by atoms with E-state index in [1.165, 1.54) is 0 Å². The molecule has 148 valence electrons. The van der Waals surface area contributed by atoms with E-state index in [1.807, 2.05) is 37.3 Å². The monoisotopic (exact) mass is 365 g/mol. The number of nitrogens with zero attached hydrogens (tertiary/aromatic N) is 1. The minimum absolute atomic E-state index is 0.487. The fourth-order valence-corrected chi connectivity index (χ4v) is 2.29. The topological polar surface area (TPSA) is 75.1 Å². The molecule has 3 N–H and O–H groups in total. The smallest absolute Gasteiger partial charge is 0.191 e. The number of aliphatic hydroxyl groups is 1. The molecule has 1 unspecified atom stereocenters. The van der Waals surface area contributed by atoms with Gasteiger partial charge in [0, 0.05) is 26.2 Å². The molecule has 6 heteroatoms. The van der Waals surface area contributed by atoms with Gasteiger partial charge >= 0.3 is 0 Å². The van der Waals surface area contributed by atoms with Gasteiger partial charge in [-0.05, 0) is 25.3 Å². The quantitative estimate of drug-likeness (QED) is 0.268. The maximum absolute atomic E-state index is 10.2. The molecule has 0 saturated carbocycles. The summed E-state index contributed by atoms with van der Waals surface area (Å²) in [4.78, 5) is 4.50. The molecular weight excluding hydrogens is 330 g/mol. The highest BCUT2D eigenvalue weighted by atomic mass is 16.5. The third-order valence-electron chi connectivity index (χ3n) is 3.75. The van der Waals surface area contributed by atoms with Gasteiger partial charge in [-0.25, -0.2) is 0 Å². The Morgan fingerprint density at radius 3 is 2.46 bits per heavy atom. The van der Waals surface area contributed by atoms with Crippen LogP contribution in [0.15, 0.2) is 35.3 Å². The van der Waals surface area contributed by atoms with Crippen molar-refractivity contribution in [1.82, 2.24) is 10.6 Å². The van der Waals surface area contributed by atoms with Gasteiger partial charge in [-0.15, -0.1) is 0 Å². The van der Waals surface area contributed by atoms with Crippen LogP contribution in [0.5, 0.6) is 0 Å². The van der Waals surface area contributed by atoms with Gasteiger partial charge in [0.15, 0.2) is 5.96 Å². The predicted octanol–water partition coefficient (Wildman–Crippen LogP) is 2.50. The van der Waals surface area contributed by atoms with Crippen molar-refractivity contribution in [2.24, 2.45) is 4.99 Å². The highest BCUT2D eigenvalue weighted by molar-refractivity contribution is 5.79. The second-order valence-electron chi connectivity index (χ2n) is 5.98. The van der Waals surface area contributed by atoms with Gasteiger partial charge in [0.25, 0.3) is 0 Å². The van der Waals surface area contributed by atoms with E-state index in [-0.39, 0.29) is 0 Å². The Labute approximate surface area is 158 Å². The number of ether oxygens (including phenoxy) is 2. The molecule has 26 heavy (non-hydrogen) atoms. The third-order valence-corrected chi connectivity index (χ3v) is 3.75. The second-order valence-corrected chi connectivity index (χ2v) is 5.98. The summed E-state index contributed by atoms with van der Waals surface area (Å²) < 4.78 is 11.0. The molecule has 1 atom stereocenters. The van der Waals surface area contributed by atoms with Crippen molar-refractivity contribution < 1.29 is 14.6 Å². The molecule has 0 saturated heterocycles. The lowest BCUT2D eigenvalue weighted by atomic mass is 10.1. The molecule has 0 spiro atoms. The minimum atomic E-state index is -0.487. The van der Waals surface area contributed by atoms with Crippen LogP contribution in [-0.4, -0.2) is 57.1 Å². The van der Waals surface area contributed by atoms with Gasteiger partial charge in [0.05, 0.1) is 25.9 Å². The van der Waals surface area contributed by atoms with Crippen LogP contribution < -0.4 is 10.6 Å². The summed E-state index contributed by atoms with van der Waals surface area (Å²) >= 11 is 0. The Kier molecular flexibility index (Phi) is 13.5. The Balaban J connectivity index is 2.16. The summed E-state index contributed by atoms with van der Waals surface area (Å²) in [7, 11) is 0. The van der Waals surface area contributed by atoms with Gasteiger partial charge in [0.1, 0.15) is 0 Å². The van der Waals surface area contributed by atoms with Crippen molar-refractivity contribution in [2.75, 3.05) is 46.1 Å². The van der Waals surface area contributed by atoms with Gasteiger partial charge in [-0.1, -0.05) is 43.7 Å². The zero-order valence-corrected chi connectivity index (χ0v) is 16.2. The Morgan fingerprint density at radius 1 is 1.04 bits per heavy atom. The molecule has 0 amide bonds. The molecule has 0 aliphatic carbocycles. The van der Waals surface area contributed by atoms with E-state index in [4.69, 9.17) is 9.47 Å². The van der Waals surface area contributed by atoms with Crippen molar-refractivity contribution in [1.29, 1.82) is 0 Å². The molecule has 0 heterocycles. The lowest BCUT2D eigenvalue weighted by molar-refractivity contribution is 0.0487. The van der Waals surface area contributed by atoms with Crippen molar-refractivity contribution in [3.05, 3.63) is 35.9 Å². The molecular formula is C20H35N3O3. The maximum atomic E-state index is 10.2. The van der Waals surface area contributed by atoms with E-state index in [1.54, 1.807) is 0 Å². The van der Waals surface area contributed by atoms with E-state index in [0.717, 1.165) is 37.5 Å². The fraction of sp³-hybridized carbons (Fsp3) is 0.650. The highest BCUT2D eigenvalue weighted by Crippen LogP contribution is 2.15. The van der Waals surface area contributed by atoms with Gasteiger partial charge in [-0.2, -0.15) is 0 Å². The fourth-order valence-electron chi connectivity index (χ4n) is 2.29. The van der Waals surface area contributed by atoms with E-state index < -0.39 is 6.10 Å². The van der Waals surface area contributed by atoms with E-state index in [0.29, 0.717) is 39.3 Å². The molecule has 6 nitrogen and oxygen atoms in total. The minimum Gasteiger partial charge on any atom is -0.388 e. The number of aliphatic hydroxyl groups excluding tert-OH is 1. The summed E-state index contributed by atoms with van der Waals surface area (Å²) in [6.07, 6.45) is 2.36.